The van der Waals surface area contributed by atoms with Gasteiger partial charge in [0.15, 0.2) is 5.82 Å². The van der Waals surface area contributed by atoms with Crippen LogP contribution in [0.15, 0.2) is 12.4 Å². The zero-order valence-electron chi connectivity index (χ0n) is 11.5. The Labute approximate surface area is 112 Å². The molecule has 2 N–H and O–H groups in total. The van der Waals surface area contributed by atoms with E-state index < -0.39 is 0 Å². The van der Waals surface area contributed by atoms with Crippen LogP contribution in [0.4, 0.5) is 5.82 Å². The molecule has 1 fully saturated rings. The van der Waals surface area contributed by atoms with Crippen LogP contribution in [0.3, 0.4) is 0 Å². The Bertz CT molecular complexity index is 578. The molecule has 2 aromatic rings. The second-order valence-electron chi connectivity index (χ2n) is 5.40. The number of anilines is 1. The van der Waals surface area contributed by atoms with Crippen LogP contribution in [-0.2, 0) is 0 Å². The Morgan fingerprint density at radius 3 is 3.05 bits per heavy atom. The molecule has 3 heterocycles. The molecule has 1 aliphatic rings. The van der Waals surface area contributed by atoms with Crippen molar-refractivity contribution in [2.24, 2.45) is 11.7 Å². The molecular formula is C13H20N6. The highest BCUT2D eigenvalue weighted by atomic mass is 15.3. The number of nitrogens with zero attached hydrogens (tertiary/aromatic N) is 5. The third-order valence-electron chi connectivity index (χ3n) is 4.00. The molecule has 19 heavy (non-hydrogen) atoms. The first kappa shape index (κ1) is 12.3. The first-order valence-corrected chi connectivity index (χ1v) is 6.83. The Kier molecular flexibility index (Phi) is 3.10. The van der Waals surface area contributed by atoms with Crippen LogP contribution in [-0.4, -0.2) is 38.7 Å². The molecule has 1 saturated heterocycles. The maximum atomic E-state index is 5.93. The highest BCUT2D eigenvalue weighted by Gasteiger charge is 2.28. The van der Waals surface area contributed by atoms with Gasteiger partial charge in [-0.3, -0.25) is 4.40 Å². The maximum absolute atomic E-state index is 5.93. The van der Waals surface area contributed by atoms with Gasteiger partial charge >= 0.3 is 0 Å². The quantitative estimate of drug-likeness (QED) is 0.872. The third kappa shape index (κ3) is 2.06. The Hall–Kier alpha value is -1.69. The van der Waals surface area contributed by atoms with Gasteiger partial charge in [-0.15, -0.1) is 10.2 Å². The molecule has 2 atom stereocenters. The average molecular weight is 260 g/mol. The number of piperidine rings is 1. The number of hydrogen-bond donors (Lipinski definition) is 1. The van der Waals surface area contributed by atoms with Gasteiger partial charge in [0.25, 0.3) is 0 Å². The fraction of sp³-hybridized carbons (Fsp3) is 0.615. The minimum Gasteiger partial charge on any atom is -0.349 e. The van der Waals surface area contributed by atoms with Crippen molar-refractivity contribution >= 4 is 11.5 Å². The second-order valence-corrected chi connectivity index (χ2v) is 5.40. The van der Waals surface area contributed by atoms with Gasteiger partial charge in [-0.1, -0.05) is 6.92 Å². The van der Waals surface area contributed by atoms with Gasteiger partial charge in [0.2, 0.25) is 5.65 Å². The van der Waals surface area contributed by atoms with E-state index in [-0.39, 0.29) is 0 Å². The molecule has 2 aromatic heterocycles. The fourth-order valence-corrected chi connectivity index (χ4v) is 2.89. The van der Waals surface area contributed by atoms with Crippen molar-refractivity contribution in [2.75, 3.05) is 18.0 Å². The Morgan fingerprint density at radius 1 is 1.42 bits per heavy atom. The first-order chi connectivity index (χ1) is 9.20. The minimum atomic E-state index is 0.347. The number of aryl methyl sites for hydroxylation is 1. The summed E-state index contributed by atoms with van der Waals surface area (Å²) >= 11 is 0. The normalized spacial score (nSPS) is 24.1. The lowest BCUT2D eigenvalue weighted by Crippen LogP contribution is -2.47. The summed E-state index contributed by atoms with van der Waals surface area (Å²) in [5, 5.41) is 8.38. The van der Waals surface area contributed by atoms with E-state index in [9.17, 15) is 0 Å². The lowest BCUT2D eigenvalue weighted by Gasteiger charge is -2.38. The van der Waals surface area contributed by atoms with Gasteiger partial charge < -0.3 is 10.6 Å². The molecule has 0 bridgehead atoms. The Balaban J connectivity index is 2.03. The summed E-state index contributed by atoms with van der Waals surface area (Å²) < 4.78 is 1.98. The molecule has 0 spiro atoms. The summed E-state index contributed by atoms with van der Waals surface area (Å²) in [6.45, 7) is 5.87. The zero-order valence-corrected chi connectivity index (χ0v) is 11.5. The van der Waals surface area contributed by atoms with Gasteiger partial charge in [0, 0.05) is 31.5 Å². The molecule has 6 heteroatoms. The molecule has 2 unspecified atom stereocenters. The average Bonchev–Trinajstić information content (AvgIpc) is 2.81. The van der Waals surface area contributed by atoms with Crippen LogP contribution in [0.1, 0.15) is 25.6 Å². The van der Waals surface area contributed by atoms with Crippen molar-refractivity contribution < 1.29 is 0 Å². The molecule has 0 radical (unpaired) electrons. The summed E-state index contributed by atoms with van der Waals surface area (Å²) in [5.74, 6) is 2.52. The molecule has 0 amide bonds. The predicted octanol–water partition coefficient (Wildman–Crippen LogP) is 0.996. The van der Waals surface area contributed by atoms with Crippen molar-refractivity contribution in [3.05, 3.63) is 18.2 Å². The van der Waals surface area contributed by atoms with Gasteiger partial charge in [-0.25, -0.2) is 4.98 Å². The van der Waals surface area contributed by atoms with E-state index >= 15 is 0 Å². The topological polar surface area (TPSA) is 72.3 Å². The van der Waals surface area contributed by atoms with Crippen molar-refractivity contribution in [1.29, 1.82) is 0 Å². The molecule has 3 rings (SSSR count). The number of rotatable bonds is 2. The molecule has 0 saturated carbocycles. The highest BCUT2D eigenvalue weighted by molar-refractivity contribution is 5.64. The van der Waals surface area contributed by atoms with Crippen molar-refractivity contribution in [3.63, 3.8) is 0 Å². The summed E-state index contributed by atoms with van der Waals surface area (Å²) in [6, 6.07) is 0.347. The number of hydrogen-bond acceptors (Lipinski definition) is 5. The molecule has 102 valence electrons. The maximum Gasteiger partial charge on any atom is 0.203 e. The van der Waals surface area contributed by atoms with E-state index in [4.69, 9.17) is 5.73 Å². The summed E-state index contributed by atoms with van der Waals surface area (Å²) in [6.07, 6.45) is 6.00. The lowest BCUT2D eigenvalue weighted by atomic mass is 9.92. The van der Waals surface area contributed by atoms with Gasteiger partial charge in [0.05, 0.1) is 0 Å². The Morgan fingerprint density at radius 2 is 2.26 bits per heavy atom. The van der Waals surface area contributed by atoms with Gasteiger partial charge in [-0.2, -0.15) is 0 Å². The van der Waals surface area contributed by atoms with E-state index in [1.165, 1.54) is 6.42 Å². The van der Waals surface area contributed by atoms with Crippen LogP contribution < -0.4 is 10.6 Å². The van der Waals surface area contributed by atoms with E-state index in [2.05, 4.69) is 27.0 Å². The summed E-state index contributed by atoms with van der Waals surface area (Å²) in [7, 11) is 0. The van der Waals surface area contributed by atoms with Crippen LogP contribution in [0.25, 0.3) is 5.65 Å². The monoisotopic (exact) mass is 260 g/mol. The number of aromatic nitrogens is 4. The molecule has 0 aliphatic carbocycles. The number of nitrogens with two attached hydrogens (primary N) is 1. The molecule has 0 aromatic carbocycles. The standard InChI is InChI=1S/C13H20N6/c1-9-3-5-19(11(7-9)8-14)12-13-17-16-10(2)18(13)6-4-15-12/h4,6,9,11H,3,5,7-8,14H2,1-2H3. The smallest absolute Gasteiger partial charge is 0.203 e. The van der Waals surface area contributed by atoms with Crippen LogP contribution in [0.2, 0.25) is 0 Å². The molecule has 6 nitrogen and oxygen atoms in total. The van der Waals surface area contributed by atoms with Gasteiger partial charge in [-0.05, 0) is 25.7 Å². The van der Waals surface area contributed by atoms with Crippen molar-refractivity contribution in [2.45, 2.75) is 32.7 Å². The number of fused-ring (bicyclic) bond motifs is 1. The SMILES string of the molecule is Cc1nnc2c(N3CCC(C)CC3CN)nccn12. The van der Waals surface area contributed by atoms with Crippen LogP contribution >= 0.6 is 0 Å². The highest BCUT2D eigenvalue weighted by Crippen LogP contribution is 2.28. The first-order valence-electron chi connectivity index (χ1n) is 6.83. The van der Waals surface area contributed by atoms with Gasteiger partial charge in [0.1, 0.15) is 5.82 Å². The largest absolute Gasteiger partial charge is 0.349 e. The lowest BCUT2D eigenvalue weighted by molar-refractivity contribution is 0.365. The summed E-state index contributed by atoms with van der Waals surface area (Å²) in [4.78, 5) is 6.81. The second kappa shape index (κ2) is 4.77. The van der Waals surface area contributed by atoms with Crippen LogP contribution in [0.5, 0.6) is 0 Å². The van der Waals surface area contributed by atoms with E-state index in [1.54, 1.807) is 0 Å². The molecular weight excluding hydrogens is 240 g/mol. The predicted molar refractivity (Wildman–Crippen MR) is 74.1 cm³/mol. The minimum absolute atomic E-state index is 0.347. The van der Waals surface area contributed by atoms with E-state index in [0.717, 1.165) is 36.2 Å². The van der Waals surface area contributed by atoms with Crippen molar-refractivity contribution in [3.8, 4) is 0 Å². The fourth-order valence-electron chi connectivity index (χ4n) is 2.89. The van der Waals surface area contributed by atoms with Crippen LogP contribution in [0, 0.1) is 12.8 Å². The molecule has 1 aliphatic heterocycles. The van der Waals surface area contributed by atoms with Crippen molar-refractivity contribution in [1.82, 2.24) is 19.6 Å². The summed E-state index contributed by atoms with van der Waals surface area (Å²) in [5.41, 5.74) is 6.76. The van der Waals surface area contributed by atoms with E-state index in [0.29, 0.717) is 12.6 Å². The zero-order chi connectivity index (χ0) is 13.4. The van der Waals surface area contributed by atoms with E-state index in [1.807, 2.05) is 23.7 Å². The third-order valence-corrected chi connectivity index (χ3v) is 4.00.